The Morgan fingerprint density at radius 3 is 3.00 bits per heavy atom. The van der Waals surface area contributed by atoms with Gasteiger partial charge in [0.2, 0.25) is 0 Å². The van der Waals surface area contributed by atoms with Crippen LogP contribution in [0, 0.1) is 0 Å². The van der Waals surface area contributed by atoms with Crippen LogP contribution in [0.1, 0.15) is 5.56 Å². The van der Waals surface area contributed by atoms with E-state index in [1.165, 1.54) is 0 Å². The number of carboxylic acids is 1. The summed E-state index contributed by atoms with van der Waals surface area (Å²) < 4.78 is 0. The van der Waals surface area contributed by atoms with Crippen molar-refractivity contribution in [3.63, 3.8) is 0 Å². The van der Waals surface area contributed by atoms with Gasteiger partial charge >= 0.3 is 5.97 Å². The third-order valence-corrected chi connectivity index (χ3v) is 2.71. The highest BCUT2D eigenvalue weighted by atomic mass is 32.2. The lowest BCUT2D eigenvalue weighted by molar-refractivity contribution is -0.129. The van der Waals surface area contributed by atoms with Gasteiger partial charge in [-0.15, -0.1) is 11.8 Å². The van der Waals surface area contributed by atoms with Gasteiger partial charge in [0.25, 0.3) is 0 Å². The molecule has 3 nitrogen and oxygen atoms in total. The third kappa shape index (κ3) is 1.45. The molecule has 1 aliphatic heterocycles. The molecule has 0 atom stereocenters. The van der Waals surface area contributed by atoms with Crippen molar-refractivity contribution in [2.24, 2.45) is 4.99 Å². The van der Waals surface area contributed by atoms with Gasteiger partial charge in [0.05, 0.1) is 5.88 Å². The lowest BCUT2D eigenvalue weighted by Gasteiger charge is -2.12. The van der Waals surface area contributed by atoms with Crippen LogP contribution >= 0.6 is 11.8 Å². The molecule has 4 heteroatoms. The summed E-state index contributed by atoms with van der Waals surface area (Å²) in [7, 11) is 0. The minimum Gasteiger partial charge on any atom is -0.477 e. The fraction of sp³-hybridized carbons (Fsp3) is 0.111. The zero-order valence-electron chi connectivity index (χ0n) is 6.73. The second-order valence-corrected chi connectivity index (χ2v) is 3.57. The topological polar surface area (TPSA) is 49.7 Å². The van der Waals surface area contributed by atoms with E-state index in [0.29, 0.717) is 5.88 Å². The molecule has 0 amide bonds. The molecular weight excluding hydrogens is 186 g/mol. The average molecular weight is 193 g/mol. The van der Waals surface area contributed by atoms with Crippen LogP contribution in [0.4, 0.5) is 0 Å². The van der Waals surface area contributed by atoms with E-state index in [9.17, 15) is 4.79 Å². The highest BCUT2D eigenvalue weighted by Gasteiger charge is 2.19. The second kappa shape index (κ2) is 3.22. The lowest BCUT2D eigenvalue weighted by Crippen LogP contribution is -2.17. The summed E-state index contributed by atoms with van der Waals surface area (Å²) in [5.41, 5.74) is 0.903. The molecule has 0 spiro atoms. The maximum Gasteiger partial charge on any atom is 0.354 e. The van der Waals surface area contributed by atoms with Crippen LogP contribution in [-0.2, 0) is 4.79 Å². The van der Waals surface area contributed by atoms with E-state index in [4.69, 9.17) is 5.11 Å². The summed E-state index contributed by atoms with van der Waals surface area (Å²) in [6.07, 6.45) is 0. The molecular formula is C9H7NO2S. The summed E-state index contributed by atoms with van der Waals surface area (Å²) in [4.78, 5) is 15.7. The molecule has 1 aromatic carbocycles. The number of hydrogen-bond acceptors (Lipinski definition) is 3. The molecule has 0 bridgehead atoms. The van der Waals surface area contributed by atoms with E-state index < -0.39 is 5.97 Å². The Bertz CT molecular complexity index is 387. The summed E-state index contributed by atoms with van der Waals surface area (Å²) in [6.45, 7) is 0. The molecule has 1 aromatic rings. The Balaban J connectivity index is 2.53. The van der Waals surface area contributed by atoms with Crippen molar-refractivity contribution < 1.29 is 9.90 Å². The van der Waals surface area contributed by atoms with Gasteiger partial charge in [-0.05, 0) is 6.07 Å². The Hall–Kier alpha value is -1.29. The van der Waals surface area contributed by atoms with E-state index in [0.717, 1.165) is 10.5 Å². The first-order valence-corrected chi connectivity index (χ1v) is 4.77. The number of aliphatic imine (C=N–C) groups is 1. The van der Waals surface area contributed by atoms with Crippen LogP contribution in [0.25, 0.3) is 0 Å². The van der Waals surface area contributed by atoms with E-state index in [2.05, 4.69) is 4.99 Å². The van der Waals surface area contributed by atoms with Crippen LogP contribution < -0.4 is 0 Å². The zero-order valence-corrected chi connectivity index (χ0v) is 7.54. The first-order chi connectivity index (χ1) is 6.29. The molecule has 0 saturated carbocycles. The van der Waals surface area contributed by atoms with Crippen LogP contribution in [0.5, 0.6) is 0 Å². The molecule has 0 aliphatic carbocycles. The summed E-state index contributed by atoms with van der Waals surface area (Å²) in [5.74, 6) is -0.452. The molecule has 1 heterocycles. The number of fused-ring (bicyclic) bond motifs is 1. The summed E-state index contributed by atoms with van der Waals surface area (Å²) in [5, 5.41) is 8.84. The van der Waals surface area contributed by atoms with Gasteiger partial charge in [-0.2, -0.15) is 0 Å². The van der Waals surface area contributed by atoms with Crippen molar-refractivity contribution in [2.75, 3.05) is 5.88 Å². The third-order valence-electron chi connectivity index (χ3n) is 1.79. The number of aliphatic carboxylic acids is 1. The highest BCUT2D eigenvalue weighted by molar-refractivity contribution is 7.99. The number of benzene rings is 1. The normalized spacial score (nSPS) is 14.6. The van der Waals surface area contributed by atoms with Gasteiger partial charge < -0.3 is 5.11 Å². The minimum atomic E-state index is -0.951. The summed E-state index contributed by atoms with van der Waals surface area (Å²) >= 11 is 1.56. The molecule has 0 aromatic heterocycles. The van der Waals surface area contributed by atoms with Crippen LogP contribution in [0.15, 0.2) is 34.2 Å². The van der Waals surface area contributed by atoms with Gasteiger partial charge in [-0.25, -0.2) is 4.79 Å². The Labute approximate surface area is 79.5 Å². The molecule has 1 aliphatic rings. The monoisotopic (exact) mass is 193 g/mol. The van der Waals surface area contributed by atoms with Crippen LogP contribution in [0.2, 0.25) is 0 Å². The van der Waals surface area contributed by atoms with Gasteiger partial charge in [0, 0.05) is 10.5 Å². The van der Waals surface area contributed by atoms with E-state index >= 15 is 0 Å². The van der Waals surface area contributed by atoms with Crippen LogP contribution in [-0.4, -0.2) is 22.7 Å². The molecule has 0 saturated heterocycles. The standard InChI is InChI=1S/C9H7NO2S/c11-9(12)8-6-3-1-2-4-7(6)13-5-10-8/h1-4H,5H2,(H,11,12). The quantitative estimate of drug-likeness (QED) is 0.737. The van der Waals surface area contributed by atoms with Crippen molar-refractivity contribution in [1.29, 1.82) is 0 Å². The first kappa shape index (κ1) is 8.31. The number of hydrogen-bond donors (Lipinski definition) is 1. The minimum absolute atomic E-state index is 0.175. The van der Waals surface area contributed by atoms with Gasteiger partial charge in [0.1, 0.15) is 0 Å². The molecule has 13 heavy (non-hydrogen) atoms. The molecule has 0 unspecified atom stereocenters. The predicted octanol–water partition coefficient (Wildman–Crippen LogP) is 1.62. The fourth-order valence-electron chi connectivity index (χ4n) is 1.22. The number of nitrogens with zero attached hydrogens (tertiary/aromatic N) is 1. The highest BCUT2D eigenvalue weighted by Crippen LogP contribution is 2.27. The van der Waals surface area contributed by atoms with E-state index in [-0.39, 0.29) is 5.71 Å². The lowest BCUT2D eigenvalue weighted by atomic mass is 10.1. The number of carboxylic acid groups (broad SMARTS) is 1. The number of rotatable bonds is 1. The Kier molecular flexibility index (Phi) is 2.06. The Morgan fingerprint density at radius 1 is 1.46 bits per heavy atom. The molecule has 66 valence electrons. The summed E-state index contributed by atoms with van der Waals surface area (Å²) in [6, 6.07) is 7.42. The maximum absolute atomic E-state index is 10.8. The predicted molar refractivity (Wildman–Crippen MR) is 51.3 cm³/mol. The first-order valence-electron chi connectivity index (χ1n) is 3.79. The van der Waals surface area contributed by atoms with Gasteiger partial charge in [-0.1, -0.05) is 18.2 Å². The van der Waals surface area contributed by atoms with E-state index in [1.807, 2.05) is 18.2 Å². The second-order valence-electron chi connectivity index (χ2n) is 2.58. The molecule has 2 rings (SSSR count). The Morgan fingerprint density at radius 2 is 2.23 bits per heavy atom. The fourth-order valence-corrected chi connectivity index (χ4v) is 2.05. The van der Waals surface area contributed by atoms with E-state index in [1.54, 1.807) is 17.8 Å². The molecule has 0 fully saturated rings. The van der Waals surface area contributed by atoms with Crippen molar-refractivity contribution >= 4 is 23.4 Å². The van der Waals surface area contributed by atoms with Gasteiger partial charge in [-0.3, -0.25) is 4.99 Å². The van der Waals surface area contributed by atoms with Crippen LogP contribution in [0.3, 0.4) is 0 Å². The largest absolute Gasteiger partial charge is 0.477 e. The van der Waals surface area contributed by atoms with Gasteiger partial charge in [0.15, 0.2) is 5.71 Å². The number of carbonyl (C=O) groups is 1. The molecule has 0 radical (unpaired) electrons. The van der Waals surface area contributed by atoms with Crippen molar-refractivity contribution in [1.82, 2.24) is 0 Å². The van der Waals surface area contributed by atoms with Crippen molar-refractivity contribution in [3.05, 3.63) is 29.8 Å². The smallest absolute Gasteiger partial charge is 0.354 e. The average Bonchev–Trinajstić information content (AvgIpc) is 2.17. The zero-order chi connectivity index (χ0) is 9.26. The van der Waals surface area contributed by atoms with Crippen molar-refractivity contribution in [3.8, 4) is 0 Å². The maximum atomic E-state index is 10.8. The SMILES string of the molecule is O=C(O)C1=NCSc2ccccc21. The molecule has 1 N–H and O–H groups in total. The van der Waals surface area contributed by atoms with Crippen molar-refractivity contribution in [2.45, 2.75) is 4.90 Å². The number of thioether (sulfide) groups is 1.